The molecular formula is C31H48O2. The molecule has 33 heavy (non-hydrogen) atoms. The van der Waals surface area contributed by atoms with Crippen LogP contribution < -0.4 is 0 Å². The van der Waals surface area contributed by atoms with E-state index in [0.29, 0.717) is 5.56 Å². The smallest absolute Gasteiger partial charge is 0.338 e. The lowest BCUT2D eigenvalue weighted by Crippen LogP contribution is -2.24. The number of unbranched alkanes of at least 4 members (excludes halogenated alkanes) is 2. The Labute approximate surface area is 203 Å². The molecule has 0 aromatic heterocycles. The maximum Gasteiger partial charge on any atom is 0.338 e. The van der Waals surface area contributed by atoms with Gasteiger partial charge in [0.25, 0.3) is 0 Å². The van der Waals surface area contributed by atoms with Gasteiger partial charge in [0.1, 0.15) is 6.10 Å². The molecule has 1 atom stereocenters. The molecule has 1 saturated carbocycles. The van der Waals surface area contributed by atoms with Gasteiger partial charge in [-0.15, -0.1) is 0 Å². The van der Waals surface area contributed by atoms with Crippen LogP contribution in [0.25, 0.3) is 5.57 Å². The fourth-order valence-corrected chi connectivity index (χ4v) is 5.84. The average Bonchev–Trinajstić information content (AvgIpc) is 2.86. The predicted molar refractivity (Wildman–Crippen MR) is 140 cm³/mol. The van der Waals surface area contributed by atoms with Gasteiger partial charge in [-0.3, -0.25) is 0 Å². The first-order valence-electron chi connectivity index (χ1n) is 14.1. The Hall–Kier alpha value is -1.57. The minimum Gasteiger partial charge on any atom is -0.459 e. The van der Waals surface area contributed by atoms with E-state index in [1.165, 1.54) is 94.6 Å². The molecule has 0 spiro atoms. The molecular weight excluding hydrogens is 404 g/mol. The highest BCUT2D eigenvalue weighted by molar-refractivity contribution is 5.90. The van der Waals surface area contributed by atoms with Crippen LogP contribution in [0.15, 0.2) is 30.3 Å². The first-order valence-corrected chi connectivity index (χ1v) is 14.1. The first kappa shape index (κ1) is 26.0. The van der Waals surface area contributed by atoms with Gasteiger partial charge in [0.15, 0.2) is 0 Å². The molecule has 2 heteroatoms. The SMILES string of the molecule is CCCCC[C@H]1CC[C@H](OC(=O)c2ccc(C3=CCC(CCC(CC)CC)CC3)cc2)CC1. The van der Waals surface area contributed by atoms with Gasteiger partial charge in [0.05, 0.1) is 5.56 Å². The molecule has 2 aliphatic rings. The third-order valence-corrected chi connectivity index (χ3v) is 8.43. The average molecular weight is 453 g/mol. The van der Waals surface area contributed by atoms with Gasteiger partial charge >= 0.3 is 5.97 Å². The number of carbonyl (C=O) groups is 1. The normalized spacial score (nSPS) is 23.4. The first-order chi connectivity index (χ1) is 16.1. The molecule has 2 nitrogen and oxygen atoms in total. The summed E-state index contributed by atoms with van der Waals surface area (Å²) in [5.41, 5.74) is 3.43. The summed E-state index contributed by atoms with van der Waals surface area (Å²) in [7, 11) is 0. The van der Waals surface area contributed by atoms with Crippen molar-refractivity contribution in [3.05, 3.63) is 41.5 Å². The third-order valence-electron chi connectivity index (χ3n) is 8.43. The zero-order valence-corrected chi connectivity index (χ0v) is 21.6. The zero-order valence-electron chi connectivity index (χ0n) is 21.6. The molecule has 0 aliphatic heterocycles. The highest BCUT2D eigenvalue weighted by Gasteiger charge is 2.24. The van der Waals surface area contributed by atoms with Crippen LogP contribution in [0.4, 0.5) is 0 Å². The monoisotopic (exact) mass is 452 g/mol. The van der Waals surface area contributed by atoms with Crippen molar-refractivity contribution in [2.45, 2.75) is 123 Å². The van der Waals surface area contributed by atoms with Crippen molar-refractivity contribution in [2.24, 2.45) is 17.8 Å². The van der Waals surface area contributed by atoms with Gasteiger partial charge in [-0.2, -0.15) is 0 Å². The van der Waals surface area contributed by atoms with Crippen LogP contribution in [0, 0.1) is 17.8 Å². The zero-order chi connectivity index (χ0) is 23.5. The van der Waals surface area contributed by atoms with Crippen LogP contribution in [0.3, 0.4) is 0 Å². The molecule has 3 rings (SSSR count). The summed E-state index contributed by atoms with van der Waals surface area (Å²) in [6.45, 7) is 6.92. The lowest BCUT2D eigenvalue weighted by Gasteiger charge is -2.28. The number of allylic oxidation sites excluding steroid dienone is 2. The van der Waals surface area contributed by atoms with Crippen LogP contribution in [-0.4, -0.2) is 12.1 Å². The molecule has 1 fully saturated rings. The van der Waals surface area contributed by atoms with E-state index in [1.54, 1.807) is 0 Å². The number of rotatable bonds is 12. The van der Waals surface area contributed by atoms with Crippen LogP contribution in [0.1, 0.15) is 133 Å². The Morgan fingerprint density at radius 2 is 1.64 bits per heavy atom. The molecule has 0 N–H and O–H groups in total. The molecule has 1 aromatic rings. The van der Waals surface area contributed by atoms with Crippen molar-refractivity contribution in [2.75, 3.05) is 0 Å². The van der Waals surface area contributed by atoms with Gasteiger partial charge in [0, 0.05) is 0 Å². The Bertz CT molecular complexity index is 720. The fourth-order valence-electron chi connectivity index (χ4n) is 5.84. The summed E-state index contributed by atoms with van der Waals surface area (Å²) < 4.78 is 5.86. The summed E-state index contributed by atoms with van der Waals surface area (Å²) in [5.74, 6) is 2.46. The quantitative estimate of drug-likeness (QED) is 0.233. The number of hydrogen-bond acceptors (Lipinski definition) is 2. The van der Waals surface area contributed by atoms with E-state index in [9.17, 15) is 4.79 Å². The van der Waals surface area contributed by atoms with Crippen molar-refractivity contribution in [1.82, 2.24) is 0 Å². The Morgan fingerprint density at radius 1 is 0.909 bits per heavy atom. The second-order valence-electron chi connectivity index (χ2n) is 10.8. The summed E-state index contributed by atoms with van der Waals surface area (Å²) in [6.07, 6.45) is 21.5. The van der Waals surface area contributed by atoms with E-state index in [1.807, 2.05) is 12.1 Å². The molecule has 0 saturated heterocycles. The molecule has 0 amide bonds. The number of benzene rings is 1. The van der Waals surface area contributed by atoms with Gasteiger partial charge in [-0.25, -0.2) is 4.79 Å². The van der Waals surface area contributed by atoms with E-state index in [4.69, 9.17) is 4.74 Å². The molecule has 184 valence electrons. The van der Waals surface area contributed by atoms with Gasteiger partial charge in [-0.1, -0.05) is 83.9 Å². The van der Waals surface area contributed by atoms with E-state index >= 15 is 0 Å². The second-order valence-corrected chi connectivity index (χ2v) is 10.8. The largest absolute Gasteiger partial charge is 0.459 e. The lowest BCUT2D eigenvalue weighted by atomic mass is 9.82. The lowest BCUT2D eigenvalue weighted by molar-refractivity contribution is 0.0161. The summed E-state index contributed by atoms with van der Waals surface area (Å²) >= 11 is 0. The van der Waals surface area contributed by atoms with E-state index in [0.717, 1.165) is 30.6 Å². The van der Waals surface area contributed by atoms with Crippen molar-refractivity contribution in [1.29, 1.82) is 0 Å². The highest BCUT2D eigenvalue weighted by atomic mass is 16.5. The van der Waals surface area contributed by atoms with Crippen molar-refractivity contribution < 1.29 is 9.53 Å². The van der Waals surface area contributed by atoms with Gasteiger partial charge < -0.3 is 4.74 Å². The third kappa shape index (κ3) is 8.30. The van der Waals surface area contributed by atoms with Crippen LogP contribution in [0.2, 0.25) is 0 Å². The van der Waals surface area contributed by atoms with Crippen molar-refractivity contribution in [3.8, 4) is 0 Å². The number of esters is 1. The Morgan fingerprint density at radius 3 is 2.24 bits per heavy atom. The molecule has 1 aromatic carbocycles. The van der Waals surface area contributed by atoms with E-state index in [2.05, 4.69) is 39.0 Å². The topological polar surface area (TPSA) is 26.3 Å². The number of ether oxygens (including phenoxy) is 1. The van der Waals surface area contributed by atoms with E-state index in [-0.39, 0.29) is 12.1 Å². The molecule has 2 aliphatic carbocycles. The highest BCUT2D eigenvalue weighted by Crippen LogP contribution is 2.34. The van der Waals surface area contributed by atoms with Gasteiger partial charge in [0.2, 0.25) is 0 Å². The Balaban J connectivity index is 1.42. The number of hydrogen-bond donors (Lipinski definition) is 0. The summed E-state index contributed by atoms with van der Waals surface area (Å²) in [5, 5.41) is 0. The minimum absolute atomic E-state index is 0.109. The number of carbonyl (C=O) groups excluding carboxylic acids is 1. The fraction of sp³-hybridized carbons (Fsp3) is 0.710. The standard InChI is InChI=1S/C31H48O2/c1-4-7-8-9-25-14-22-30(23-15-25)33-31(32)29-20-18-28(19-21-29)27-16-12-26(13-17-27)11-10-24(5-2)6-3/h16,18-21,24-26,30H,4-15,17,22-23H2,1-3H3/t25-,26?,30-. The molecule has 0 bridgehead atoms. The molecule has 0 radical (unpaired) electrons. The maximum absolute atomic E-state index is 12.7. The van der Waals surface area contributed by atoms with Crippen molar-refractivity contribution in [3.63, 3.8) is 0 Å². The van der Waals surface area contributed by atoms with Crippen LogP contribution >= 0.6 is 0 Å². The minimum atomic E-state index is -0.143. The Kier molecular flexibility index (Phi) is 11.0. The molecule has 0 heterocycles. The van der Waals surface area contributed by atoms with Crippen LogP contribution in [-0.2, 0) is 4.74 Å². The summed E-state index contributed by atoms with van der Waals surface area (Å²) in [4.78, 5) is 12.7. The van der Waals surface area contributed by atoms with Crippen molar-refractivity contribution >= 4 is 11.5 Å². The maximum atomic E-state index is 12.7. The second kappa shape index (κ2) is 14.0. The van der Waals surface area contributed by atoms with E-state index < -0.39 is 0 Å². The summed E-state index contributed by atoms with van der Waals surface area (Å²) in [6, 6.07) is 8.18. The molecule has 1 unspecified atom stereocenters. The van der Waals surface area contributed by atoms with Crippen LogP contribution in [0.5, 0.6) is 0 Å². The van der Waals surface area contributed by atoms with Gasteiger partial charge in [-0.05, 0) is 92.4 Å². The predicted octanol–water partition coefficient (Wildman–Crippen LogP) is 9.38.